The number of ether oxygens (including phenoxy) is 4. The molecule has 1 heterocycles. The molecule has 0 bridgehead atoms. The first-order chi connectivity index (χ1) is 9.81. The molecule has 0 aromatic rings. The molecule has 7 heteroatoms. The number of amides is 1. The maximum absolute atomic E-state index is 12.3. The summed E-state index contributed by atoms with van der Waals surface area (Å²) in [5.41, 5.74) is -0.551. The third-order valence-electron chi connectivity index (χ3n) is 3.50. The molecule has 1 aliphatic carbocycles. The van der Waals surface area contributed by atoms with Crippen LogP contribution in [-0.2, 0) is 18.9 Å². The van der Waals surface area contributed by atoms with E-state index in [2.05, 4.69) is 0 Å². The highest BCUT2D eigenvalue weighted by Gasteiger charge is 2.50. The number of fused-ring (bicyclic) bond motifs is 1. The summed E-state index contributed by atoms with van der Waals surface area (Å²) in [5, 5.41) is 0.218. The Labute approximate surface area is 130 Å². The molecule has 1 amide bonds. The Bertz CT molecular complexity index is 409. The van der Waals surface area contributed by atoms with Crippen molar-refractivity contribution in [3.05, 3.63) is 0 Å². The summed E-state index contributed by atoms with van der Waals surface area (Å²) in [4.78, 5) is 13.7. The van der Waals surface area contributed by atoms with Gasteiger partial charge in [-0.3, -0.25) is 0 Å². The first kappa shape index (κ1) is 16.5. The third-order valence-corrected chi connectivity index (χ3v) is 3.79. The molecule has 1 aliphatic heterocycles. The predicted octanol–water partition coefficient (Wildman–Crippen LogP) is 2.31. The van der Waals surface area contributed by atoms with Crippen molar-refractivity contribution in [3.63, 3.8) is 0 Å². The second-order valence-corrected chi connectivity index (χ2v) is 6.80. The van der Waals surface area contributed by atoms with Crippen LogP contribution in [0.15, 0.2) is 0 Å². The summed E-state index contributed by atoms with van der Waals surface area (Å²) in [6.07, 6.45) is 1.14. The van der Waals surface area contributed by atoms with Crippen LogP contribution in [0.2, 0.25) is 0 Å². The lowest BCUT2D eigenvalue weighted by molar-refractivity contribution is -0.0441. The van der Waals surface area contributed by atoms with Crippen LogP contribution in [0.5, 0.6) is 0 Å². The Kier molecular flexibility index (Phi) is 5.06. The van der Waals surface area contributed by atoms with Crippen LogP contribution in [0.1, 0.15) is 33.6 Å². The van der Waals surface area contributed by atoms with Crippen LogP contribution in [0.4, 0.5) is 4.79 Å². The lowest BCUT2D eigenvalue weighted by Gasteiger charge is -2.26. The number of nitrogens with zero attached hydrogens (tertiary/aromatic N) is 1. The van der Waals surface area contributed by atoms with Gasteiger partial charge in [0.05, 0.1) is 12.6 Å². The number of hydrogen-bond donors (Lipinski definition) is 0. The fourth-order valence-corrected chi connectivity index (χ4v) is 3.08. The van der Waals surface area contributed by atoms with E-state index in [0.717, 1.165) is 12.8 Å². The molecule has 6 nitrogen and oxygen atoms in total. The Morgan fingerprint density at radius 3 is 2.76 bits per heavy atom. The second-order valence-electron chi connectivity index (χ2n) is 6.45. The molecule has 1 saturated heterocycles. The minimum atomic E-state index is -0.551. The summed E-state index contributed by atoms with van der Waals surface area (Å²) in [6, 6.07) is -0.0523. The molecule has 120 valence electrons. The Balaban J connectivity index is 1.94. The molecular weight excluding hydrogens is 294 g/mol. The molecule has 0 spiro atoms. The largest absolute Gasteiger partial charge is 0.465 e. The standard InChI is InChI=1S/C14H23NO5S/c1-14(2,3)20-12(16)15-10-5-9(7-18-8-17-4)6-11(10)19-13(15)21/h9-11H,5-8H2,1-4H3/t9-,10+,11-/m0/s1. The minimum absolute atomic E-state index is 0.0523. The van der Waals surface area contributed by atoms with Gasteiger partial charge in [-0.05, 0) is 51.7 Å². The fourth-order valence-electron chi connectivity index (χ4n) is 2.75. The van der Waals surface area contributed by atoms with E-state index in [-0.39, 0.29) is 24.1 Å². The van der Waals surface area contributed by atoms with Gasteiger partial charge in [0.15, 0.2) is 0 Å². The molecule has 0 unspecified atom stereocenters. The molecular formula is C14H23NO5S. The van der Waals surface area contributed by atoms with Crippen LogP contribution < -0.4 is 0 Å². The van der Waals surface area contributed by atoms with Crippen molar-refractivity contribution in [2.75, 3.05) is 20.5 Å². The number of hydrogen-bond acceptors (Lipinski definition) is 6. The summed E-state index contributed by atoms with van der Waals surface area (Å²) >= 11 is 5.16. The highest BCUT2D eigenvalue weighted by atomic mass is 32.1. The number of carbonyl (C=O) groups excluding carboxylic acids is 1. The van der Waals surface area contributed by atoms with E-state index in [9.17, 15) is 4.79 Å². The van der Waals surface area contributed by atoms with Crippen molar-refractivity contribution in [1.29, 1.82) is 0 Å². The van der Waals surface area contributed by atoms with Crippen LogP contribution >= 0.6 is 12.2 Å². The molecule has 21 heavy (non-hydrogen) atoms. The maximum Gasteiger partial charge on any atom is 0.418 e. The van der Waals surface area contributed by atoms with Gasteiger partial charge in [0.25, 0.3) is 5.17 Å². The zero-order valence-electron chi connectivity index (χ0n) is 13.0. The average molecular weight is 317 g/mol. The highest BCUT2D eigenvalue weighted by molar-refractivity contribution is 7.80. The van der Waals surface area contributed by atoms with E-state index >= 15 is 0 Å². The number of carbonyl (C=O) groups is 1. The second kappa shape index (κ2) is 6.46. The highest BCUT2D eigenvalue weighted by Crippen LogP contribution is 2.38. The molecule has 0 radical (unpaired) electrons. The summed E-state index contributed by atoms with van der Waals surface area (Å²) in [5.74, 6) is 0.336. The quantitative estimate of drug-likeness (QED) is 0.450. The number of methoxy groups -OCH3 is 1. The Hall–Kier alpha value is -0.920. The summed E-state index contributed by atoms with van der Waals surface area (Å²) in [6.45, 7) is 6.37. The zero-order chi connectivity index (χ0) is 15.6. The summed E-state index contributed by atoms with van der Waals surface area (Å²) < 4.78 is 21.3. The molecule has 0 N–H and O–H groups in total. The van der Waals surface area contributed by atoms with Gasteiger partial charge in [-0.15, -0.1) is 0 Å². The van der Waals surface area contributed by atoms with E-state index in [1.165, 1.54) is 4.90 Å². The first-order valence-corrected chi connectivity index (χ1v) is 7.52. The first-order valence-electron chi connectivity index (χ1n) is 7.11. The van der Waals surface area contributed by atoms with E-state index in [4.69, 9.17) is 31.2 Å². The SMILES string of the molecule is COCOC[C@@H]1C[C@@H]2OC(=S)N(C(=O)OC(C)(C)C)[C@@H]2C1. The van der Waals surface area contributed by atoms with Crippen molar-refractivity contribution in [2.24, 2.45) is 5.92 Å². The van der Waals surface area contributed by atoms with Gasteiger partial charge in [0, 0.05) is 7.11 Å². The van der Waals surface area contributed by atoms with E-state index in [1.54, 1.807) is 7.11 Å². The van der Waals surface area contributed by atoms with Gasteiger partial charge in [0.2, 0.25) is 0 Å². The van der Waals surface area contributed by atoms with Gasteiger partial charge in [-0.25, -0.2) is 9.69 Å². The number of thiocarbonyl (C=S) groups is 1. The maximum atomic E-state index is 12.3. The Morgan fingerprint density at radius 1 is 1.43 bits per heavy atom. The van der Waals surface area contributed by atoms with Crippen LogP contribution in [-0.4, -0.2) is 54.4 Å². The van der Waals surface area contributed by atoms with E-state index < -0.39 is 11.7 Å². The number of rotatable bonds is 4. The van der Waals surface area contributed by atoms with Gasteiger partial charge in [-0.1, -0.05) is 0 Å². The van der Waals surface area contributed by atoms with Crippen molar-refractivity contribution in [1.82, 2.24) is 4.90 Å². The van der Waals surface area contributed by atoms with Gasteiger partial charge < -0.3 is 18.9 Å². The van der Waals surface area contributed by atoms with E-state index in [0.29, 0.717) is 12.5 Å². The third kappa shape index (κ3) is 4.05. The normalized spacial score (nSPS) is 28.5. The van der Waals surface area contributed by atoms with Gasteiger partial charge >= 0.3 is 6.09 Å². The molecule has 2 fully saturated rings. The van der Waals surface area contributed by atoms with Crippen LogP contribution in [0.25, 0.3) is 0 Å². The van der Waals surface area contributed by atoms with E-state index in [1.807, 2.05) is 20.8 Å². The summed E-state index contributed by atoms with van der Waals surface area (Å²) in [7, 11) is 1.59. The smallest absolute Gasteiger partial charge is 0.418 e. The average Bonchev–Trinajstić information content (AvgIpc) is 2.82. The fraction of sp³-hybridized carbons (Fsp3) is 0.857. The topological polar surface area (TPSA) is 57.2 Å². The monoisotopic (exact) mass is 317 g/mol. The molecule has 0 aromatic carbocycles. The van der Waals surface area contributed by atoms with Crippen molar-refractivity contribution in [3.8, 4) is 0 Å². The molecule has 1 saturated carbocycles. The van der Waals surface area contributed by atoms with Gasteiger partial charge in [-0.2, -0.15) is 0 Å². The van der Waals surface area contributed by atoms with Gasteiger partial charge in [0.1, 0.15) is 18.5 Å². The Morgan fingerprint density at radius 2 is 2.14 bits per heavy atom. The zero-order valence-corrected chi connectivity index (χ0v) is 13.8. The van der Waals surface area contributed by atoms with Crippen molar-refractivity contribution >= 4 is 23.5 Å². The molecule has 0 aromatic heterocycles. The molecule has 2 aliphatic rings. The van der Waals surface area contributed by atoms with Crippen molar-refractivity contribution < 1.29 is 23.7 Å². The van der Waals surface area contributed by atoms with Crippen molar-refractivity contribution in [2.45, 2.75) is 51.4 Å². The minimum Gasteiger partial charge on any atom is -0.465 e. The van der Waals surface area contributed by atoms with Crippen LogP contribution in [0, 0.1) is 5.92 Å². The van der Waals surface area contributed by atoms with Crippen LogP contribution in [0.3, 0.4) is 0 Å². The lowest BCUT2D eigenvalue weighted by atomic mass is 10.1. The predicted molar refractivity (Wildman–Crippen MR) is 79.9 cm³/mol. The molecule has 3 atom stereocenters. The lowest BCUT2D eigenvalue weighted by Crippen LogP contribution is -2.42. The molecule has 2 rings (SSSR count).